The standard InChI is InChI=1S/C10H8Cl2O2/c11-6-2-4-7-3-1-5-8(12)9(7)10(13)14/h1-5H,6H2,(H,13,14). The molecule has 1 aromatic carbocycles. The van der Waals surface area contributed by atoms with Gasteiger partial charge in [0, 0.05) is 5.88 Å². The molecule has 0 fully saturated rings. The third-order valence-corrected chi connectivity index (χ3v) is 2.14. The number of carboxylic acids is 1. The molecule has 0 saturated carbocycles. The molecule has 14 heavy (non-hydrogen) atoms. The number of hydrogen-bond donors (Lipinski definition) is 1. The number of alkyl halides is 1. The molecule has 0 saturated heterocycles. The van der Waals surface area contributed by atoms with E-state index in [2.05, 4.69) is 0 Å². The van der Waals surface area contributed by atoms with Crippen LogP contribution in [0.4, 0.5) is 0 Å². The van der Waals surface area contributed by atoms with Gasteiger partial charge in [-0.15, -0.1) is 11.6 Å². The van der Waals surface area contributed by atoms with Crippen LogP contribution in [0.25, 0.3) is 6.08 Å². The zero-order valence-corrected chi connectivity index (χ0v) is 8.72. The number of carboxylic acid groups (broad SMARTS) is 1. The normalized spacial score (nSPS) is 10.7. The summed E-state index contributed by atoms with van der Waals surface area (Å²) in [5.74, 6) is -0.698. The topological polar surface area (TPSA) is 37.3 Å². The summed E-state index contributed by atoms with van der Waals surface area (Å²) >= 11 is 11.2. The number of halogens is 2. The summed E-state index contributed by atoms with van der Waals surface area (Å²) in [6, 6.07) is 4.92. The minimum Gasteiger partial charge on any atom is -0.478 e. The van der Waals surface area contributed by atoms with Crippen LogP contribution in [-0.4, -0.2) is 17.0 Å². The fraction of sp³-hybridized carbons (Fsp3) is 0.100. The quantitative estimate of drug-likeness (QED) is 0.810. The predicted molar refractivity (Wildman–Crippen MR) is 58.2 cm³/mol. The van der Waals surface area contributed by atoms with Gasteiger partial charge in [-0.2, -0.15) is 0 Å². The van der Waals surface area contributed by atoms with Gasteiger partial charge < -0.3 is 5.11 Å². The van der Waals surface area contributed by atoms with E-state index >= 15 is 0 Å². The second-order valence-electron chi connectivity index (χ2n) is 2.57. The van der Waals surface area contributed by atoms with Crippen molar-refractivity contribution in [1.29, 1.82) is 0 Å². The smallest absolute Gasteiger partial charge is 0.337 e. The Balaban J connectivity index is 3.21. The Morgan fingerprint density at radius 2 is 2.21 bits per heavy atom. The first-order chi connectivity index (χ1) is 6.66. The SMILES string of the molecule is O=C(O)c1c(Cl)cccc1C=CCCl. The fourth-order valence-corrected chi connectivity index (χ4v) is 1.43. The molecule has 0 amide bonds. The Hall–Kier alpha value is -0.990. The van der Waals surface area contributed by atoms with Crippen LogP contribution in [0.3, 0.4) is 0 Å². The summed E-state index contributed by atoms with van der Waals surface area (Å²) in [5, 5.41) is 9.13. The van der Waals surface area contributed by atoms with Crippen LogP contribution in [0.5, 0.6) is 0 Å². The van der Waals surface area contributed by atoms with Crippen LogP contribution < -0.4 is 0 Å². The highest BCUT2D eigenvalue weighted by molar-refractivity contribution is 6.33. The summed E-state index contributed by atoms with van der Waals surface area (Å²) in [7, 11) is 0. The molecule has 0 bridgehead atoms. The number of benzene rings is 1. The molecule has 0 aliphatic heterocycles. The lowest BCUT2D eigenvalue weighted by Gasteiger charge is -2.02. The number of allylic oxidation sites excluding steroid dienone is 1. The highest BCUT2D eigenvalue weighted by Crippen LogP contribution is 2.21. The lowest BCUT2D eigenvalue weighted by atomic mass is 10.1. The van der Waals surface area contributed by atoms with E-state index in [-0.39, 0.29) is 10.6 Å². The van der Waals surface area contributed by atoms with E-state index in [9.17, 15) is 4.79 Å². The predicted octanol–water partition coefficient (Wildman–Crippen LogP) is 3.29. The number of aromatic carboxylic acids is 1. The summed E-state index contributed by atoms with van der Waals surface area (Å²) in [4.78, 5) is 10.9. The molecule has 1 N–H and O–H groups in total. The first-order valence-corrected chi connectivity index (χ1v) is 4.82. The van der Waals surface area contributed by atoms with E-state index in [1.807, 2.05) is 0 Å². The van der Waals surface area contributed by atoms with Crippen molar-refractivity contribution in [3.05, 3.63) is 40.4 Å². The van der Waals surface area contributed by atoms with Crippen molar-refractivity contribution in [3.8, 4) is 0 Å². The molecule has 0 radical (unpaired) electrons. The van der Waals surface area contributed by atoms with Gasteiger partial charge in [0.05, 0.1) is 10.6 Å². The summed E-state index contributed by atoms with van der Waals surface area (Å²) < 4.78 is 0. The van der Waals surface area contributed by atoms with E-state index in [0.717, 1.165) is 0 Å². The zero-order valence-electron chi connectivity index (χ0n) is 7.21. The van der Waals surface area contributed by atoms with Gasteiger partial charge in [0.1, 0.15) is 0 Å². The molecular formula is C10H8Cl2O2. The third-order valence-electron chi connectivity index (χ3n) is 1.65. The Labute approximate surface area is 91.8 Å². The summed E-state index contributed by atoms with van der Waals surface area (Å²) in [6.07, 6.45) is 3.31. The largest absolute Gasteiger partial charge is 0.478 e. The molecule has 0 aliphatic carbocycles. The average Bonchev–Trinajstić information content (AvgIpc) is 2.14. The lowest BCUT2D eigenvalue weighted by Crippen LogP contribution is -2.00. The van der Waals surface area contributed by atoms with E-state index < -0.39 is 5.97 Å². The molecular weight excluding hydrogens is 223 g/mol. The number of hydrogen-bond acceptors (Lipinski definition) is 1. The Kier molecular flexibility index (Phi) is 3.98. The van der Waals surface area contributed by atoms with E-state index in [1.54, 1.807) is 30.4 Å². The van der Waals surface area contributed by atoms with Crippen LogP contribution in [-0.2, 0) is 0 Å². The van der Waals surface area contributed by atoms with Crippen LogP contribution in [0, 0.1) is 0 Å². The van der Waals surface area contributed by atoms with Crippen LogP contribution in [0.1, 0.15) is 15.9 Å². The van der Waals surface area contributed by atoms with Crippen molar-refractivity contribution < 1.29 is 9.90 Å². The van der Waals surface area contributed by atoms with Crippen LogP contribution in [0.2, 0.25) is 5.02 Å². The van der Waals surface area contributed by atoms with Crippen molar-refractivity contribution in [2.75, 3.05) is 5.88 Å². The molecule has 0 aromatic heterocycles. The van der Waals surface area contributed by atoms with Crippen molar-refractivity contribution in [1.82, 2.24) is 0 Å². The second-order valence-corrected chi connectivity index (χ2v) is 3.28. The maximum atomic E-state index is 10.9. The van der Waals surface area contributed by atoms with Gasteiger partial charge in [-0.1, -0.05) is 35.9 Å². The maximum Gasteiger partial charge on any atom is 0.337 e. The van der Waals surface area contributed by atoms with Crippen molar-refractivity contribution in [2.24, 2.45) is 0 Å². The first kappa shape index (κ1) is 11.1. The maximum absolute atomic E-state index is 10.9. The summed E-state index contributed by atoms with van der Waals surface area (Å²) in [6.45, 7) is 0. The van der Waals surface area contributed by atoms with Gasteiger partial charge in [0.2, 0.25) is 0 Å². The van der Waals surface area contributed by atoms with Gasteiger partial charge in [-0.3, -0.25) is 0 Å². The molecule has 0 atom stereocenters. The lowest BCUT2D eigenvalue weighted by molar-refractivity contribution is 0.0697. The molecule has 0 spiro atoms. The summed E-state index contributed by atoms with van der Waals surface area (Å²) in [5.41, 5.74) is 0.668. The Morgan fingerprint density at radius 3 is 2.79 bits per heavy atom. The number of rotatable bonds is 3. The third kappa shape index (κ3) is 2.50. The molecule has 0 aliphatic rings. The van der Waals surface area contributed by atoms with Gasteiger partial charge >= 0.3 is 5.97 Å². The first-order valence-electron chi connectivity index (χ1n) is 3.91. The van der Waals surface area contributed by atoms with Gasteiger partial charge in [-0.05, 0) is 11.6 Å². The Morgan fingerprint density at radius 1 is 1.50 bits per heavy atom. The molecule has 2 nitrogen and oxygen atoms in total. The van der Waals surface area contributed by atoms with Crippen LogP contribution in [0.15, 0.2) is 24.3 Å². The van der Waals surface area contributed by atoms with E-state index in [0.29, 0.717) is 11.4 Å². The van der Waals surface area contributed by atoms with E-state index in [1.165, 1.54) is 0 Å². The van der Waals surface area contributed by atoms with Crippen LogP contribution >= 0.6 is 23.2 Å². The second kappa shape index (κ2) is 5.03. The zero-order chi connectivity index (χ0) is 10.6. The minimum absolute atomic E-state index is 0.107. The van der Waals surface area contributed by atoms with Crippen molar-refractivity contribution in [3.63, 3.8) is 0 Å². The highest BCUT2D eigenvalue weighted by Gasteiger charge is 2.11. The molecule has 1 rings (SSSR count). The Bertz CT molecular complexity index is 372. The van der Waals surface area contributed by atoms with Gasteiger partial charge in [0.15, 0.2) is 0 Å². The minimum atomic E-state index is -1.04. The molecule has 1 aromatic rings. The molecule has 74 valence electrons. The van der Waals surface area contributed by atoms with Crippen molar-refractivity contribution in [2.45, 2.75) is 0 Å². The molecule has 0 unspecified atom stereocenters. The monoisotopic (exact) mass is 230 g/mol. The van der Waals surface area contributed by atoms with E-state index in [4.69, 9.17) is 28.3 Å². The van der Waals surface area contributed by atoms with Gasteiger partial charge in [-0.25, -0.2) is 4.79 Å². The average molecular weight is 231 g/mol. The molecule has 0 heterocycles. The molecule has 4 heteroatoms. The van der Waals surface area contributed by atoms with Gasteiger partial charge in [0.25, 0.3) is 0 Å². The van der Waals surface area contributed by atoms with Crippen molar-refractivity contribution >= 4 is 35.2 Å². The highest BCUT2D eigenvalue weighted by atomic mass is 35.5. The number of carbonyl (C=O) groups is 1. The fourth-order valence-electron chi connectivity index (χ4n) is 1.08.